The lowest BCUT2D eigenvalue weighted by molar-refractivity contribution is 0.618. The van der Waals surface area contributed by atoms with E-state index in [1.54, 1.807) is 6.08 Å². The minimum Gasteiger partial charge on any atom is -0.456 e. The summed E-state index contributed by atoms with van der Waals surface area (Å²) in [5.41, 5.74) is 2.99. The normalized spacial score (nSPS) is 12.8. The second-order valence-electron chi connectivity index (χ2n) is 6.11. The van der Waals surface area contributed by atoms with Crippen LogP contribution in [0.25, 0.3) is 22.3 Å². The molecule has 0 aliphatic heterocycles. The number of nitrogens with zero attached hydrogens (tertiary/aromatic N) is 1. The van der Waals surface area contributed by atoms with Crippen molar-refractivity contribution in [1.82, 2.24) is 0 Å². The highest BCUT2D eigenvalue weighted by atomic mass is 35.5. The molecule has 1 heterocycles. The van der Waals surface area contributed by atoms with Gasteiger partial charge in [0.15, 0.2) is 0 Å². The van der Waals surface area contributed by atoms with E-state index in [-0.39, 0.29) is 0 Å². The average molecular weight is 376 g/mol. The van der Waals surface area contributed by atoms with Gasteiger partial charge in [0.05, 0.1) is 5.36 Å². The molecule has 0 aliphatic rings. The third-order valence-electron chi connectivity index (χ3n) is 4.16. The van der Waals surface area contributed by atoms with Gasteiger partial charge in [-0.05, 0) is 37.1 Å². The van der Waals surface area contributed by atoms with Gasteiger partial charge in [-0.1, -0.05) is 72.8 Å². The molecule has 0 fully saturated rings. The van der Waals surface area contributed by atoms with Crippen molar-refractivity contribution in [3.63, 3.8) is 0 Å². The van der Waals surface area contributed by atoms with Crippen LogP contribution in [-0.4, -0.2) is 6.54 Å². The fourth-order valence-corrected chi connectivity index (χ4v) is 3.08. The Morgan fingerprint density at radius 3 is 2.70 bits per heavy atom. The van der Waals surface area contributed by atoms with E-state index in [1.165, 1.54) is 5.57 Å². The van der Waals surface area contributed by atoms with E-state index < -0.39 is 0 Å². The van der Waals surface area contributed by atoms with E-state index in [0.29, 0.717) is 11.6 Å². The van der Waals surface area contributed by atoms with E-state index in [1.807, 2.05) is 73.7 Å². The smallest absolute Gasteiger partial charge is 0.136 e. The monoisotopic (exact) mass is 375 g/mol. The van der Waals surface area contributed by atoms with E-state index in [2.05, 4.69) is 12.7 Å². The van der Waals surface area contributed by atoms with Crippen LogP contribution in [0.3, 0.4) is 0 Å². The Balaban J connectivity index is 2.05. The van der Waals surface area contributed by atoms with Crippen LogP contribution >= 0.6 is 11.6 Å². The maximum atomic E-state index is 6.20. The second kappa shape index (κ2) is 9.20. The summed E-state index contributed by atoms with van der Waals surface area (Å²) in [6, 6.07) is 17.7. The highest BCUT2D eigenvalue weighted by Crippen LogP contribution is 2.23. The third-order valence-corrected chi connectivity index (χ3v) is 4.39. The quantitative estimate of drug-likeness (QED) is 0.438. The van der Waals surface area contributed by atoms with Crippen molar-refractivity contribution < 1.29 is 4.42 Å². The average Bonchev–Trinajstić information content (AvgIpc) is 2.69. The summed E-state index contributed by atoms with van der Waals surface area (Å²) in [5.74, 6) is 0.791. The van der Waals surface area contributed by atoms with Crippen LogP contribution in [0.15, 0.2) is 100 Å². The fraction of sp³-hybridized carbons (Fsp3) is 0.125. The summed E-state index contributed by atoms with van der Waals surface area (Å²) in [5, 5.41) is 2.47. The predicted octanol–water partition coefficient (Wildman–Crippen LogP) is 6.73. The molecular weight excluding hydrogens is 354 g/mol. The topological polar surface area (TPSA) is 25.5 Å². The Morgan fingerprint density at radius 1 is 1.15 bits per heavy atom. The van der Waals surface area contributed by atoms with Gasteiger partial charge in [-0.25, -0.2) is 0 Å². The molecule has 0 radical (unpaired) electrons. The van der Waals surface area contributed by atoms with Crippen molar-refractivity contribution >= 4 is 22.6 Å². The zero-order chi connectivity index (χ0) is 19.1. The first-order valence-electron chi connectivity index (χ1n) is 8.95. The number of rotatable bonds is 6. The molecule has 3 rings (SSSR count). The lowest BCUT2D eigenvalue weighted by atomic mass is 10.1. The highest BCUT2D eigenvalue weighted by Gasteiger charge is 2.06. The Morgan fingerprint density at radius 2 is 1.96 bits per heavy atom. The summed E-state index contributed by atoms with van der Waals surface area (Å²) in [6.07, 6.45) is 8.77. The minimum atomic E-state index is 0.669. The van der Waals surface area contributed by atoms with E-state index >= 15 is 0 Å². The molecule has 0 bridgehead atoms. The van der Waals surface area contributed by atoms with Gasteiger partial charge in [0.2, 0.25) is 0 Å². The Bertz CT molecular complexity index is 1060. The van der Waals surface area contributed by atoms with Gasteiger partial charge in [0.1, 0.15) is 11.3 Å². The molecule has 0 unspecified atom stereocenters. The first-order valence-corrected chi connectivity index (χ1v) is 9.32. The van der Waals surface area contributed by atoms with Crippen molar-refractivity contribution in [3.8, 4) is 11.3 Å². The summed E-state index contributed by atoms with van der Waals surface area (Å²) in [4.78, 5) is 4.84. The van der Waals surface area contributed by atoms with Crippen LogP contribution < -0.4 is 5.36 Å². The van der Waals surface area contributed by atoms with Crippen LogP contribution in [0.1, 0.15) is 13.3 Å². The minimum absolute atomic E-state index is 0.669. The van der Waals surface area contributed by atoms with Crippen molar-refractivity contribution in [2.24, 2.45) is 4.99 Å². The summed E-state index contributed by atoms with van der Waals surface area (Å²) < 4.78 is 6.09. The van der Waals surface area contributed by atoms with Gasteiger partial charge >= 0.3 is 0 Å². The van der Waals surface area contributed by atoms with Gasteiger partial charge in [-0.15, -0.1) is 0 Å². The lowest BCUT2D eigenvalue weighted by Crippen LogP contribution is -2.05. The molecule has 0 amide bonds. The Labute approximate surface area is 164 Å². The van der Waals surface area contributed by atoms with Gasteiger partial charge in [-0.3, -0.25) is 4.99 Å². The van der Waals surface area contributed by atoms with Crippen LogP contribution in [0.4, 0.5) is 0 Å². The number of hydrogen-bond acceptors (Lipinski definition) is 2. The molecule has 3 aromatic rings. The zero-order valence-corrected chi connectivity index (χ0v) is 16.1. The highest BCUT2D eigenvalue weighted by molar-refractivity contribution is 6.31. The molecule has 2 nitrogen and oxygen atoms in total. The Hall–Kier alpha value is -2.84. The summed E-state index contributed by atoms with van der Waals surface area (Å²) in [7, 11) is 0. The van der Waals surface area contributed by atoms with E-state index in [0.717, 1.165) is 34.1 Å². The zero-order valence-electron chi connectivity index (χ0n) is 15.4. The van der Waals surface area contributed by atoms with E-state index in [4.69, 9.17) is 21.0 Å². The maximum absolute atomic E-state index is 6.20. The molecule has 136 valence electrons. The fourth-order valence-electron chi connectivity index (χ4n) is 2.91. The molecule has 0 atom stereocenters. The number of benzene rings is 2. The van der Waals surface area contributed by atoms with Gasteiger partial charge in [0.25, 0.3) is 0 Å². The van der Waals surface area contributed by atoms with Crippen LogP contribution in [0, 0.1) is 0 Å². The molecular formula is C24H22ClNO. The molecule has 0 aliphatic carbocycles. The van der Waals surface area contributed by atoms with Crippen molar-refractivity contribution in [3.05, 3.63) is 101 Å². The predicted molar refractivity (Wildman–Crippen MR) is 115 cm³/mol. The van der Waals surface area contributed by atoms with Gasteiger partial charge < -0.3 is 4.42 Å². The van der Waals surface area contributed by atoms with E-state index in [9.17, 15) is 0 Å². The maximum Gasteiger partial charge on any atom is 0.136 e. The molecule has 0 saturated heterocycles. The van der Waals surface area contributed by atoms with Crippen LogP contribution in [-0.2, 0) is 0 Å². The number of fused-ring (bicyclic) bond motifs is 1. The summed E-state index contributed by atoms with van der Waals surface area (Å²) in [6.45, 7) is 6.46. The number of allylic oxidation sites excluding steroid dienone is 4. The molecule has 2 aromatic carbocycles. The number of hydrogen-bond donors (Lipinski definition) is 0. The number of halogens is 1. The van der Waals surface area contributed by atoms with Gasteiger partial charge in [0, 0.05) is 28.6 Å². The molecule has 3 heteroatoms. The van der Waals surface area contributed by atoms with Crippen LogP contribution in [0.2, 0.25) is 5.02 Å². The lowest BCUT2D eigenvalue weighted by Gasteiger charge is -2.06. The first-order chi connectivity index (χ1) is 13.2. The SMILES string of the molecule is C=C/C=C(\C=C\C)CCN=c1cc(-c2ccccc2)oc2ccc(Cl)cc12. The molecule has 1 aromatic heterocycles. The molecule has 0 N–H and O–H groups in total. The standard InChI is InChI=1S/C24H22ClNO/c1-3-8-18(9-4-2)14-15-26-22-17-24(19-10-6-5-7-11-19)27-23-13-12-20(25)16-21(22)23/h3-13,16-17H,1,14-15H2,2H3/b9-4+,18-8+,26-22?. The van der Waals surface area contributed by atoms with Crippen molar-refractivity contribution in [2.75, 3.05) is 6.54 Å². The molecule has 0 saturated carbocycles. The Kier molecular flexibility index (Phi) is 6.45. The molecule has 0 spiro atoms. The van der Waals surface area contributed by atoms with Crippen molar-refractivity contribution in [2.45, 2.75) is 13.3 Å². The second-order valence-corrected chi connectivity index (χ2v) is 6.55. The largest absolute Gasteiger partial charge is 0.456 e. The first kappa shape index (κ1) is 18.9. The van der Waals surface area contributed by atoms with Crippen molar-refractivity contribution in [1.29, 1.82) is 0 Å². The summed E-state index contributed by atoms with van der Waals surface area (Å²) >= 11 is 6.20. The third kappa shape index (κ3) is 4.87. The van der Waals surface area contributed by atoms with Crippen LogP contribution in [0.5, 0.6) is 0 Å². The molecule has 27 heavy (non-hydrogen) atoms. The van der Waals surface area contributed by atoms with Gasteiger partial charge in [-0.2, -0.15) is 0 Å².